The number of nitrogens with zero attached hydrogens (tertiary/aromatic N) is 2. The number of H-pyrrole nitrogens is 1. The van der Waals surface area contributed by atoms with E-state index in [1.54, 1.807) is 0 Å². The molecule has 0 spiro atoms. The van der Waals surface area contributed by atoms with Crippen LogP contribution in [0.2, 0.25) is 5.02 Å². The first-order valence-corrected chi connectivity index (χ1v) is 11.6. The van der Waals surface area contributed by atoms with Gasteiger partial charge in [0.1, 0.15) is 10.6 Å². The first kappa shape index (κ1) is 23.2. The molecule has 14 heteroatoms. The summed E-state index contributed by atoms with van der Waals surface area (Å²) in [7, 11) is -4.53. The predicted octanol–water partition coefficient (Wildman–Crippen LogP) is 5.45. The minimum atomic E-state index is -4.70. The fourth-order valence-electron chi connectivity index (χ4n) is 2.99. The molecule has 3 N–H and O–H groups in total. The van der Waals surface area contributed by atoms with Crippen LogP contribution in [-0.2, 0) is 16.2 Å². The number of nitrogens with one attached hydrogen (secondary N) is 1. The molecule has 2 heterocycles. The molecular weight excluding hydrogens is 508 g/mol. The van der Waals surface area contributed by atoms with Gasteiger partial charge in [-0.3, -0.25) is 5.10 Å². The van der Waals surface area contributed by atoms with Crippen molar-refractivity contribution < 1.29 is 30.7 Å². The van der Waals surface area contributed by atoms with E-state index < -0.39 is 48.8 Å². The zero-order valence-corrected chi connectivity index (χ0v) is 18.4. The Hall–Kier alpha value is -3.00. The van der Waals surface area contributed by atoms with Gasteiger partial charge in [-0.15, -0.1) is 11.3 Å². The second-order valence-corrected chi connectivity index (χ2v) is 9.25. The van der Waals surface area contributed by atoms with Crippen molar-refractivity contribution in [3.05, 3.63) is 64.0 Å². The van der Waals surface area contributed by atoms with Crippen molar-refractivity contribution in [2.24, 2.45) is 5.14 Å². The zero-order valence-electron chi connectivity index (χ0n) is 16.0. The molecule has 0 aliphatic rings. The molecule has 0 fully saturated rings. The summed E-state index contributed by atoms with van der Waals surface area (Å²) in [5, 5.41) is 12.4. The Balaban J connectivity index is 1.97. The van der Waals surface area contributed by atoms with Crippen molar-refractivity contribution in [3.63, 3.8) is 0 Å². The lowest BCUT2D eigenvalue weighted by Gasteiger charge is -2.18. The van der Waals surface area contributed by atoms with E-state index >= 15 is 4.39 Å². The number of hydrogen-bond acceptors (Lipinski definition) is 6. The number of aromatic nitrogens is 3. The van der Waals surface area contributed by atoms with Crippen LogP contribution in [0.15, 0.2) is 52.4 Å². The quantitative estimate of drug-likeness (QED) is 0.341. The molecule has 0 amide bonds. The molecular formula is C19H11ClF4N4O3S2. The van der Waals surface area contributed by atoms with E-state index in [0.29, 0.717) is 5.56 Å². The van der Waals surface area contributed by atoms with Crippen LogP contribution in [-0.4, -0.2) is 23.6 Å². The summed E-state index contributed by atoms with van der Waals surface area (Å²) < 4.78 is 84.8. The topological polar surface area (TPSA) is 111 Å². The Labute approximate surface area is 192 Å². The van der Waals surface area contributed by atoms with Gasteiger partial charge >= 0.3 is 6.18 Å². The lowest BCUT2D eigenvalue weighted by atomic mass is 10.0. The second-order valence-electron chi connectivity index (χ2n) is 6.59. The van der Waals surface area contributed by atoms with E-state index in [2.05, 4.69) is 15.2 Å². The van der Waals surface area contributed by atoms with Crippen molar-refractivity contribution in [2.75, 3.05) is 0 Å². The lowest BCUT2D eigenvalue weighted by molar-refractivity contribution is -0.137. The van der Waals surface area contributed by atoms with Crippen molar-refractivity contribution in [1.29, 1.82) is 0 Å². The fraction of sp³-hybridized carbons (Fsp3) is 0.0526. The molecule has 4 rings (SSSR count). The molecule has 0 unspecified atom stereocenters. The van der Waals surface area contributed by atoms with E-state index in [0.717, 1.165) is 35.6 Å². The maximum absolute atomic E-state index is 15.3. The molecule has 0 bridgehead atoms. The fourth-order valence-corrected chi connectivity index (χ4v) is 4.47. The molecule has 7 nitrogen and oxygen atoms in total. The molecule has 0 saturated heterocycles. The Morgan fingerprint density at radius 1 is 1.21 bits per heavy atom. The SMILES string of the molecule is NS(=O)(=O)c1cc(Cl)c(Oc2cc(C(F)(F)F)ccc2-c2cn[nH]c2)c(-c2cscn2)c1F. The van der Waals surface area contributed by atoms with Crippen molar-refractivity contribution >= 4 is 33.0 Å². The van der Waals surface area contributed by atoms with Crippen molar-refractivity contribution in [2.45, 2.75) is 11.1 Å². The van der Waals surface area contributed by atoms with Crippen LogP contribution in [0.5, 0.6) is 11.5 Å². The number of primary sulfonamides is 1. The van der Waals surface area contributed by atoms with Crippen molar-refractivity contribution in [3.8, 4) is 33.9 Å². The van der Waals surface area contributed by atoms with Gasteiger partial charge in [-0.05, 0) is 24.3 Å². The maximum atomic E-state index is 15.3. The molecule has 0 aliphatic heterocycles. The van der Waals surface area contributed by atoms with Gasteiger partial charge in [-0.25, -0.2) is 22.9 Å². The number of halogens is 5. The van der Waals surface area contributed by atoms with Crippen LogP contribution in [0, 0.1) is 5.82 Å². The molecule has 172 valence electrons. The third-order valence-corrected chi connectivity index (χ3v) is 6.24. The van der Waals surface area contributed by atoms with E-state index in [4.69, 9.17) is 21.5 Å². The smallest absolute Gasteiger partial charge is 0.416 e. The highest BCUT2D eigenvalue weighted by atomic mass is 35.5. The Bertz CT molecular complexity index is 1420. The van der Waals surface area contributed by atoms with Gasteiger partial charge in [0.05, 0.1) is 33.6 Å². The van der Waals surface area contributed by atoms with Gasteiger partial charge in [0.25, 0.3) is 0 Å². The van der Waals surface area contributed by atoms with Gasteiger partial charge < -0.3 is 4.74 Å². The third kappa shape index (κ3) is 4.57. The number of sulfonamides is 1. The molecule has 0 saturated carbocycles. The first-order chi connectivity index (χ1) is 15.5. The molecule has 0 radical (unpaired) electrons. The number of aromatic amines is 1. The molecule has 33 heavy (non-hydrogen) atoms. The lowest BCUT2D eigenvalue weighted by Crippen LogP contribution is -2.15. The van der Waals surface area contributed by atoms with E-state index in [1.807, 2.05) is 0 Å². The molecule has 2 aromatic carbocycles. The normalized spacial score (nSPS) is 12.2. The predicted molar refractivity (Wildman–Crippen MR) is 113 cm³/mol. The maximum Gasteiger partial charge on any atom is 0.416 e. The van der Waals surface area contributed by atoms with Gasteiger partial charge in [-0.1, -0.05) is 11.6 Å². The van der Waals surface area contributed by atoms with Gasteiger partial charge in [0.2, 0.25) is 10.0 Å². The molecule has 0 atom stereocenters. The third-order valence-electron chi connectivity index (χ3n) is 4.46. The Morgan fingerprint density at radius 2 is 1.97 bits per heavy atom. The highest BCUT2D eigenvalue weighted by Gasteiger charge is 2.32. The van der Waals surface area contributed by atoms with Gasteiger partial charge in [0, 0.05) is 22.7 Å². The van der Waals surface area contributed by atoms with Crippen LogP contribution in [0.3, 0.4) is 0 Å². The van der Waals surface area contributed by atoms with Crippen LogP contribution < -0.4 is 9.88 Å². The highest BCUT2D eigenvalue weighted by Crippen LogP contribution is 2.46. The summed E-state index contributed by atoms with van der Waals surface area (Å²) >= 11 is 7.28. The average Bonchev–Trinajstić information content (AvgIpc) is 3.43. The Morgan fingerprint density at radius 3 is 2.55 bits per heavy atom. The van der Waals surface area contributed by atoms with Crippen LogP contribution in [0.1, 0.15) is 5.56 Å². The van der Waals surface area contributed by atoms with Crippen LogP contribution in [0.4, 0.5) is 17.6 Å². The monoisotopic (exact) mass is 518 g/mol. The first-order valence-electron chi connectivity index (χ1n) is 8.78. The minimum Gasteiger partial charge on any atom is -0.454 e. The minimum absolute atomic E-state index is 0.0447. The molecule has 2 aromatic heterocycles. The van der Waals surface area contributed by atoms with Crippen LogP contribution >= 0.6 is 22.9 Å². The summed E-state index contributed by atoms with van der Waals surface area (Å²) in [5.74, 6) is -2.07. The number of nitrogens with two attached hydrogens (primary N) is 1. The number of rotatable bonds is 5. The summed E-state index contributed by atoms with van der Waals surface area (Å²) in [6, 6.07) is 3.45. The number of hydrogen-bond donors (Lipinski definition) is 2. The summed E-state index contributed by atoms with van der Waals surface area (Å²) in [6.45, 7) is 0. The number of ether oxygens (including phenoxy) is 1. The summed E-state index contributed by atoms with van der Waals surface area (Å²) in [6.07, 6.45) is -1.93. The van der Waals surface area contributed by atoms with E-state index in [1.165, 1.54) is 23.3 Å². The van der Waals surface area contributed by atoms with E-state index in [-0.39, 0.29) is 17.0 Å². The number of thiazole rings is 1. The van der Waals surface area contributed by atoms with Gasteiger partial charge in [0.15, 0.2) is 11.6 Å². The highest BCUT2D eigenvalue weighted by molar-refractivity contribution is 7.89. The summed E-state index contributed by atoms with van der Waals surface area (Å²) in [4.78, 5) is 3.04. The Kier molecular flexibility index (Phi) is 5.90. The van der Waals surface area contributed by atoms with Gasteiger partial charge in [-0.2, -0.15) is 18.3 Å². The number of benzene rings is 2. The van der Waals surface area contributed by atoms with E-state index in [9.17, 15) is 21.6 Å². The van der Waals surface area contributed by atoms with Crippen LogP contribution in [0.25, 0.3) is 22.4 Å². The zero-order chi connectivity index (χ0) is 24.0. The number of alkyl halides is 3. The largest absolute Gasteiger partial charge is 0.454 e. The summed E-state index contributed by atoms with van der Waals surface area (Å²) in [5.41, 5.74) is 0.370. The average molecular weight is 519 g/mol. The molecule has 4 aromatic rings. The molecule has 0 aliphatic carbocycles. The van der Waals surface area contributed by atoms with Crippen molar-refractivity contribution in [1.82, 2.24) is 15.2 Å². The standard InChI is InChI=1S/C19H11ClF4N4O3S2/c20-12-4-15(33(25,29)30)17(21)16(13-7-32-8-26-13)18(12)31-14-3-10(19(22,23)24)1-2-11(14)9-5-27-28-6-9/h1-8H,(H,27,28)(H2,25,29,30). The second kappa shape index (κ2) is 8.41.